The Labute approximate surface area is 135 Å². The van der Waals surface area contributed by atoms with Gasteiger partial charge in [-0.25, -0.2) is 14.2 Å². The number of nitrogens with zero attached hydrogens (tertiary/aromatic N) is 2. The summed E-state index contributed by atoms with van der Waals surface area (Å²) < 4.78 is 23.1. The van der Waals surface area contributed by atoms with Gasteiger partial charge in [-0.1, -0.05) is 5.16 Å². The monoisotopic (exact) mass is 332 g/mol. The van der Waals surface area contributed by atoms with Crippen LogP contribution in [0.1, 0.15) is 27.5 Å². The maximum atomic E-state index is 12.9. The van der Waals surface area contributed by atoms with E-state index in [0.717, 1.165) is 10.6 Å². The van der Waals surface area contributed by atoms with Crippen LogP contribution in [0.25, 0.3) is 10.6 Å². The lowest BCUT2D eigenvalue weighted by Gasteiger charge is -2.02. The fourth-order valence-corrected chi connectivity index (χ4v) is 2.89. The van der Waals surface area contributed by atoms with Crippen LogP contribution in [0.4, 0.5) is 4.39 Å². The van der Waals surface area contributed by atoms with E-state index in [9.17, 15) is 9.18 Å². The highest BCUT2D eigenvalue weighted by Crippen LogP contribution is 2.24. The minimum atomic E-state index is -0.488. The third kappa shape index (κ3) is 3.29. The van der Waals surface area contributed by atoms with E-state index < -0.39 is 5.97 Å². The fraction of sp³-hybridized carbons (Fsp3) is 0.188. The molecule has 7 heteroatoms. The summed E-state index contributed by atoms with van der Waals surface area (Å²) in [5.41, 5.74) is 2.30. The number of aryl methyl sites for hydroxylation is 2. The van der Waals surface area contributed by atoms with Gasteiger partial charge < -0.3 is 9.26 Å². The second kappa shape index (κ2) is 6.29. The van der Waals surface area contributed by atoms with E-state index in [-0.39, 0.29) is 12.4 Å². The first-order valence-electron chi connectivity index (χ1n) is 6.85. The molecule has 0 saturated carbocycles. The fourth-order valence-electron chi connectivity index (χ4n) is 2.08. The molecular weight excluding hydrogens is 319 g/mol. The first-order chi connectivity index (χ1) is 11.0. The number of benzene rings is 1. The molecule has 2 heterocycles. The predicted molar refractivity (Wildman–Crippen MR) is 82.6 cm³/mol. The lowest BCUT2D eigenvalue weighted by Crippen LogP contribution is -2.07. The Morgan fingerprint density at radius 2 is 2.04 bits per heavy atom. The van der Waals surface area contributed by atoms with E-state index >= 15 is 0 Å². The molecule has 0 amide bonds. The van der Waals surface area contributed by atoms with Crippen LogP contribution in [0.2, 0.25) is 0 Å². The van der Waals surface area contributed by atoms with Crippen LogP contribution in [0.5, 0.6) is 0 Å². The second-order valence-corrected chi connectivity index (χ2v) is 5.78. The molecule has 0 fully saturated rings. The quantitative estimate of drug-likeness (QED) is 0.678. The Bertz CT molecular complexity index is 820. The number of aromatic nitrogens is 2. The minimum absolute atomic E-state index is 0.0561. The van der Waals surface area contributed by atoms with Crippen molar-refractivity contribution in [1.82, 2.24) is 10.1 Å². The Morgan fingerprint density at radius 1 is 1.30 bits per heavy atom. The van der Waals surface area contributed by atoms with Crippen molar-refractivity contribution in [2.45, 2.75) is 20.5 Å². The standard InChI is InChI=1S/C16H13FN2O3S/c1-9-14(10(2)22-19-9)16(20)21-7-13-8-23-15(18-13)11-3-5-12(17)6-4-11/h3-6,8H,7H2,1-2H3. The van der Waals surface area contributed by atoms with Crippen LogP contribution in [-0.4, -0.2) is 16.1 Å². The zero-order chi connectivity index (χ0) is 16.4. The molecule has 0 unspecified atom stereocenters. The van der Waals surface area contributed by atoms with Crippen molar-refractivity contribution in [3.05, 3.63) is 58.2 Å². The van der Waals surface area contributed by atoms with Crippen molar-refractivity contribution in [3.8, 4) is 10.6 Å². The number of hydrogen-bond donors (Lipinski definition) is 0. The summed E-state index contributed by atoms with van der Waals surface area (Å²) in [5, 5.41) is 6.27. The largest absolute Gasteiger partial charge is 0.455 e. The number of rotatable bonds is 4. The van der Waals surface area contributed by atoms with Crippen molar-refractivity contribution in [3.63, 3.8) is 0 Å². The summed E-state index contributed by atoms with van der Waals surface area (Å²) in [6, 6.07) is 6.09. The van der Waals surface area contributed by atoms with Crippen LogP contribution in [0.15, 0.2) is 34.2 Å². The topological polar surface area (TPSA) is 65.2 Å². The molecular formula is C16H13FN2O3S. The minimum Gasteiger partial charge on any atom is -0.455 e. The van der Waals surface area contributed by atoms with Crippen LogP contribution in [-0.2, 0) is 11.3 Å². The highest BCUT2D eigenvalue weighted by molar-refractivity contribution is 7.13. The van der Waals surface area contributed by atoms with E-state index in [1.165, 1.54) is 23.5 Å². The number of ether oxygens (including phenoxy) is 1. The summed E-state index contributed by atoms with van der Waals surface area (Å²) in [5.74, 6) is -0.353. The van der Waals surface area contributed by atoms with Crippen LogP contribution < -0.4 is 0 Å². The van der Waals surface area contributed by atoms with Gasteiger partial charge in [0.25, 0.3) is 0 Å². The van der Waals surface area contributed by atoms with Gasteiger partial charge in [0, 0.05) is 10.9 Å². The molecule has 0 radical (unpaired) electrons. The third-order valence-corrected chi connectivity index (χ3v) is 4.17. The van der Waals surface area contributed by atoms with Crippen LogP contribution in [0.3, 0.4) is 0 Å². The number of carbonyl (C=O) groups excluding carboxylic acids is 1. The summed E-state index contributed by atoms with van der Waals surface area (Å²) in [4.78, 5) is 16.4. The molecule has 0 aliphatic heterocycles. The van der Waals surface area contributed by atoms with E-state index in [2.05, 4.69) is 10.1 Å². The molecule has 0 aliphatic rings. The second-order valence-electron chi connectivity index (χ2n) is 4.93. The Kier molecular flexibility index (Phi) is 4.20. The molecule has 0 aliphatic carbocycles. The molecule has 5 nitrogen and oxygen atoms in total. The first-order valence-corrected chi connectivity index (χ1v) is 7.73. The summed E-state index contributed by atoms with van der Waals surface area (Å²) in [6.45, 7) is 3.40. The molecule has 0 atom stereocenters. The lowest BCUT2D eigenvalue weighted by atomic mass is 10.2. The van der Waals surface area contributed by atoms with Crippen LogP contribution >= 0.6 is 11.3 Å². The zero-order valence-electron chi connectivity index (χ0n) is 12.5. The predicted octanol–water partition coefficient (Wildman–Crippen LogP) is 3.91. The molecule has 3 rings (SSSR count). The maximum absolute atomic E-state index is 12.9. The smallest absolute Gasteiger partial charge is 0.344 e. The summed E-state index contributed by atoms with van der Waals surface area (Å²) >= 11 is 1.41. The van der Waals surface area contributed by atoms with Gasteiger partial charge >= 0.3 is 5.97 Å². The molecule has 2 aromatic heterocycles. The van der Waals surface area contributed by atoms with Gasteiger partial charge in [-0.2, -0.15) is 0 Å². The van der Waals surface area contributed by atoms with E-state index in [1.807, 2.05) is 0 Å². The number of thiazole rings is 1. The highest BCUT2D eigenvalue weighted by Gasteiger charge is 2.19. The van der Waals surface area contributed by atoms with Gasteiger partial charge in [0.2, 0.25) is 0 Å². The number of carbonyl (C=O) groups is 1. The van der Waals surface area contributed by atoms with Gasteiger partial charge in [0.05, 0.1) is 11.4 Å². The van der Waals surface area contributed by atoms with Crippen molar-refractivity contribution >= 4 is 17.3 Å². The van der Waals surface area contributed by atoms with Crippen molar-refractivity contribution in [2.24, 2.45) is 0 Å². The lowest BCUT2D eigenvalue weighted by molar-refractivity contribution is 0.0465. The molecule has 0 bridgehead atoms. The maximum Gasteiger partial charge on any atom is 0.344 e. The van der Waals surface area contributed by atoms with Crippen molar-refractivity contribution < 1.29 is 18.4 Å². The van der Waals surface area contributed by atoms with Gasteiger partial charge in [0.15, 0.2) is 0 Å². The first kappa shape index (κ1) is 15.4. The number of esters is 1. The van der Waals surface area contributed by atoms with E-state index in [1.54, 1.807) is 31.4 Å². The molecule has 0 spiro atoms. The van der Waals surface area contributed by atoms with Gasteiger partial charge in [0.1, 0.15) is 28.8 Å². The number of halogens is 1. The van der Waals surface area contributed by atoms with Gasteiger partial charge in [-0.05, 0) is 38.1 Å². The molecule has 1 aromatic carbocycles. The number of hydrogen-bond acceptors (Lipinski definition) is 6. The van der Waals surface area contributed by atoms with Crippen molar-refractivity contribution in [2.75, 3.05) is 0 Å². The third-order valence-electron chi connectivity index (χ3n) is 3.23. The normalized spacial score (nSPS) is 10.7. The molecule has 0 saturated heterocycles. The molecule has 0 N–H and O–H groups in total. The van der Waals surface area contributed by atoms with E-state index in [4.69, 9.17) is 9.26 Å². The Hall–Kier alpha value is -2.54. The molecule has 118 valence electrons. The van der Waals surface area contributed by atoms with Gasteiger partial charge in [-0.3, -0.25) is 0 Å². The zero-order valence-corrected chi connectivity index (χ0v) is 13.3. The highest BCUT2D eigenvalue weighted by atomic mass is 32.1. The van der Waals surface area contributed by atoms with Crippen molar-refractivity contribution in [1.29, 1.82) is 0 Å². The SMILES string of the molecule is Cc1noc(C)c1C(=O)OCc1csc(-c2ccc(F)cc2)n1. The molecule has 3 aromatic rings. The van der Waals surface area contributed by atoms with Gasteiger partial charge in [-0.15, -0.1) is 11.3 Å². The molecule has 23 heavy (non-hydrogen) atoms. The van der Waals surface area contributed by atoms with E-state index in [0.29, 0.717) is 22.7 Å². The van der Waals surface area contributed by atoms with Crippen LogP contribution in [0, 0.1) is 19.7 Å². The average Bonchev–Trinajstić information content (AvgIpc) is 3.13. The summed E-state index contributed by atoms with van der Waals surface area (Å²) in [6.07, 6.45) is 0. The Morgan fingerprint density at radius 3 is 2.70 bits per heavy atom. The summed E-state index contributed by atoms with van der Waals surface area (Å²) in [7, 11) is 0. The average molecular weight is 332 g/mol. The Balaban J connectivity index is 1.68.